The summed E-state index contributed by atoms with van der Waals surface area (Å²) >= 11 is 0. The van der Waals surface area contributed by atoms with Crippen LogP contribution in [0, 0.1) is 21.7 Å². The van der Waals surface area contributed by atoms with Crippen molar-refractivity contribution < 1.29 is 39.6 Å². The van der Waals surface area contributed by atoms with Crippen LogP contribution in [0.1, 0.15) is 32.1 Å². The zero-order valence-corrected chi connectivity index (χ0v) is 11.0. The fourth-order valence-corrected chi connectivity index (χ4v) is 5.30. The van der Waals surface area contributed by atoms with E-state index in [0.29, 0.717) is 0 Å². The fraction of sp³-hybridized carbons (Fsp3) is 0.692. The van der Waals surface area contributed by atoms with Crippen molar-refractivity contribution in [3.05, 3.63) is 0 Å². The van der Waals surface area contributed by atoms with Crippen LogP contribution in [-0.4, -0.2) is 44.3 Å². The van der Waals surface area contributed by atoms with Crippen molar-refractivity contribution in [3.63, 3.8) is 0 Å². The van der Waals surface area contributed by atoms with E-state index in [0.717, 1.165) is 0 Å². The molecule has 0 radical (unpaired) electrons. The van der Waals surface area contributed by atoms with Crippen molar-refractivity contribution in [2.45, 2.75) is 32.1 Å². The summed E-state index contributed by atoms with van der Waals surface area (Å²) in [6.07, 6.45) is -1.45. The van der Waals surface area contributed by atoms with Gasteiger partial charge in [-0.25, -0.2) is 0 Å². The molecule has 0 spiro atoms. The van der Waals surface area contributed by atoms with Gasteiger partial charge in [0.25, 0.3) is 0 Å². The van der Waals surface area contributed by atoms with Crippen molar-refractivity contribution in [2.24, 2.45) is 21.7 Å². The predicted molar refractivity (Wildman–Crippen MR) is 63.4 cm³/mol. The van der Waals surface area contributed by atoms with Gasteiger partial charge in [-0.1, -0.05) is 0 Å². The number of hydrogen-bond acceptors (Lipinski definition) is 4. The number of aliphatic carboxylic acids is 4. The Hall–Kier alpha value is -2.12. The minimum absolute atomic E-state index is 0.200. The summed E-state index contributed by atoms with van der Waals surface area (Å²) in [5, 5.41) is 38.1. The molecule has 0 aromatic heterocycles. The molecule has 0 aromatic rings. The molecule has 4 aliphatic rings. The van der Waals surface area contributed by atoms with Crippen LogP contribution in [0.25, 0.3) is 0 Å². The lowest BCUT2D eigenvalue weighted by atomic mass is 9.59. The van der Waals surface area contributed by atoms with Crippen molar-refractivity contribution in [2.75, 3.05) is 0 Å². The second-order valence-electron chi connectivity index (χ2n) is 6.83. The lowest BCUT2D eigenvalue weighted by Crippen LogP contribution is -2.47. The molecule has 21 heavy (non-hydrogen) atoms. The molecule has 8 heteroatoms. The van der Waals surface area contributed by atoms with Crippen molar-refractivity contribution in [1.82, 2.24) is 0 Å². The van der Waals surface area contributed by atoms with Crippen LogP contribution in [0.2, 0.25) is 0 Å². The number of hydrogen-bond donors (Lipinski definition) is 4. The Kier molecular flexibility index (Phi) is 2.22. The summed E-state index contributed by atoms with van der Waals surface area (Å²) in [5.41, 5.74) is -6.78. The third-order valence-electron chi connectivity index (χ3n) is 5.88. The SMILES string of the molecule is O=C(O)C12CC3(C(=O)O)CC(C(=O)O)(C1)C(C(=O)O)(C2)C3. The molecule has 0 amide bonds. The second-order valence-corrected chi connectivity index (χ2v) is 6.83. The lowest BCUT2D eigenvalue weighted by Gasteiger charge is -2.42. The van der Waals surface area contributed by atoms with E-state index in [1.54, 1.807) is 0 Å². The Balaban J connectivity index is 2.28. The Morgan fingerprint density at radius 2 is 0.810 bits per heavy atom. The van der Waals surface area contributed by atoms with Gasteiger partial charge < -0.3 is 20.4 Å². The summed E-state index contributed by atoms with van der Waals surface area (Å²) in [5.74, 6) is -5.42. The van der Waals surface area contributed by atoms with Crippen molar-refractivity contribution in [3.8, 4) is 0 Å². The molecule has 0 unspecified atom stereocenters. The van der Waals surface area contributed by atoms with E-state index in [1.807, 2.05) is 0 Å². The molecule has 8 nitrogen and oxygen atoms in total. The number of carboxylic acid groups (broad SMARTS) is 4. The number of carbonyl (C=O) groups is 4. The van der Waals surface area contributed by atoms with E-state index >= 15 is 0 Å². The van der Waals surface area contributed by atoms with Crippen LogP contribution in [0.15, 0.2) is 0 Å². The average molecular weight is 298 g/mol. The van der Waals surface area contributed by atoms with Gasteiger partial charge in [-0.2, -0.15) is 0 Å². The minimum Gasteiger partial charge on any atom is -0.481 e. The molecule has 0 saturated heterocycles. The zero-order valence-electron chi connectivity index (χ0n) is 11.0. The van der Waals surface area contributed by atoms with E-state index in [9.17, 15) is 39.6 Å². The summed E-state index contributed by atoms with van der Waals surface area (Å²) in [4.78, 5) is 46.8. The molecule has 4 fully saturated rings. The number of carboxylic acids is 4. The molecule has 0 atom stereocenters. The third-order valence-corrected chi connectivity index (χ3v) is 5.88. The van der Waals surface area contributed by atoms with Crippen LogP contribution in [0.3, 0.4) is 0 Å². The van der Waals surface area contributed by atoms with Crippen LogP contribution >= 0.6 is 0 Å². The maximum absolute atomic E-state index is 11.8. The second kappa shape index (κ2) is 3.37. The third kappa shape index (κ3) is 1.22. The summed E-state index contributed by atoms with van der Waals surface area (Å²) in [6, 6.07) is 0. The van der Waals surface area contributed by atoms with Crippen LogP contribution in [0.4, 0.5) is 0 Å². The molecule has 114 valence electrons. The molecule has 4 rings (SSSR count). The maximum atomic E-state index is 11.8. The predicted octanol–water partition coefficient (Wildman–Crippen LogP) is 0.262. The first-order valence-corrected chi connectivity index (χ1v) is 6.50. The van der Waals surface area contributed by atoms with Gasteiger partial charge in [0.05, 0.1) is 21.7 Å². The first-order valence-electron chi connectivity index (χ1n) is 6.50. The molecule has 4 bridgehead atoms. The van der Waals surface area contributed by atoms with Gasteiger partial charge in [0, 0.05) is 0 Å². The largest absolute Gasteiger partial charge is 0.481 e. The highest BCUT2D eigenvalue weighted by Gasteiger charge is 2.84. The van der Waals surface area contributed by atoms with E-state index in [-0.39, 0.29) is 32.1 Å². The highest BCUT2D eigenvalue weighted by molar-refractivity contribution is 5.95. The van der Waals surface area contributed by atoms with Crippen molar-refractivity contribution in [1.29, 1.82) is 0 Å². The highest BCUT2D eigenvalue weighted by Crippen LogP contribution is 2.80. The maximum Gasteiger partial charge on any atom is 0.310 e. The first-order chi connectivity index (χ1) is 9.56. The minimum atomic E-state index is -1.81. The Bertz CT molecular complexity index is 539. The summed E-state index contributed by atoms with van der Waals surface area (Å²) in [6.45, 7) is 0. The zero-order chi connectivity index (χ0) is 15.8. The lowest BCUT2D eigenvalue weighted by molar-refractivity contribution is -0.167. The molecule has 4 N–H and O–H groups in total. The summed E-state index contributed by atoms with van der Waals surface area (Å²) < 4.78 is 0. The van der Waals surface area contributed by atoms with E-state index in [1.165, 1.54) is 0 Å². The summed E-state index contributed by atoms with van der Waals surface area (Å²) in [7, 11) is 0. The van der Waals surface area contributed by atoms with Crippen LogP contribution < -0.4 is 0 Å². The molecule has 0 heterocycles. The molecule has 4 saturated carbocycles. The molecule has 4 aliphatic carbocycles. The van der Waals surface area contributed by atoms with Gasteiger partial charge in [-0.05, 0) is 32.1 Å². The standard InChI is InChI=1S/C13H14O8/c14-6(15)10-1-11(7(16)17)4-12(2-10,8(18)19)13(3-10,5-11)9(20)21/h1-5H2,(H,14,15)(H,16,17)(H,18,19)(H,20,21). The Morgan fingerprint density at radius 1 is 0.524 bits per heavy atom. The van der Waals surface area contributed by atoms with Gasteiger partial charge in [-0.15, -0.1) is 0 Å². The van der Waals surface area contributed by atoms with Gasteiger partial charge >= 0.3 is 23.9 Å². The average Bonchev–Trinajstić information content (AvgIpc) is 2.70. The van der Waals surface area contributed by atoms with Gasteiger partial charge in [0.15, 0.2) is 0 Å². The van der Waals surface area contributed by atoms with Crippen LogP contribution in [-0.2, 0) is 19.2 Å². The fourth-order valence-electron chi connectivity index (χ4n) is 5.30. The Morgan fingerprint density at radius 3 is 1.00 bits per heavy atom. The van der Waals surface area contributed by atoms with E-state index in [4.69, 9.17) is 0 Å². The topological polar surface area (TPSA) is 149 Å². The van der Waals surface area contributed by atoms with Crippen LogP contribution in [0.5, 0.6) is 0 Å². The highest BCUT2D eigenvalue weighted by atomic mass is 16.4. The smallest absolute Gasteiger partial charge is 0.310 e. The number of rotatable bonds is 4. The molecular weight excluding hydrogens is 284 g/mol. The van der Waals surface area contributed by atoms with E-state index < -0.39 is 45.5 Å². The van der Waals surface area contributed by atoms with Gasteiger partial charge in [0.1, 0.15) is 0 Å². The van der Waals surface area contributed by atoms with E-state index in [2.05, 4.69) is 0 Å². The normalized spacial score (nSPS) is 46.5. The molecular formula is C13H14O8. The Labute approximate surface area is 118 Å². The van der Waals surface area contributed by atoms with Gasteiger partial charge in [0.2, 0.25) is 0 Å². The quantitative estimate of drug-likeness (QED) is 0.577. The first kappa shape index (κ1) is 13.8. The molecule has 0 aromatic carbocycles. The monoisotopic (exact) mass is 298 g/mol. The van der Waals surface area contributed by atoms with Crippen molar-refractivity contribution >= 4 is 23.9 Å². The van der Waals surface area contributed by atoms with Gasteiger partial charge in [-0.3, -0.25) is 19.2 Å². The molecule has 0 aliphatic heterocycles.